The van der Waals surface area contributed by atoms with E-state index in [0.717, 1.165) is 30.3 Å². The lowest BCUT2D eigenvalue weighted by molar-refractivity contribution is 0.782. The second-order valence-corrected chi connectivity index (χ2v) is 4.48. The van der Waals surface area contributed by atoms with Gasteiger partial charge in [0, 0.05) is 18.8 Å². The van der Waals surface area contributed by atoms with Gasteiger partial charge in [0.25, 0.3) is 0 Å². The first-order chi connectivity index (χ1) is 9.24. The molecule has 0 amide bonds. The molecule has 0 unspecified atom stereocenters. The van der Waals surface area contributed by atoms with E-state index in [9.17, 15) is 0 Å². The van der Waals surface area contributed by atoms with Gasteiger partial charge in [0.2, 0.25) is 0 Å². The topological polar surface area (TPSA) is 41.1 Å². The molecule has 0 saturated carbocycles. The molecule has 2 aromatic rings. The van der Waals surface area contributed by atoms with Gasteiger partial charge < -0.3 is 10.2 Å². The maximum Gasteiger partial charge on any atom is 0.151 e. The third-order valence-corrected chi connectivity index (χ3v) is 2.99. The molecule has 1 heterocycles. The van der Waals surface area contributed by atoms with Crippen molar-refractivity contribution >= 4 is 11.5 Å². The van der Waals surface area contributed by atoms with Crippen LogP contribution in [-0.2, 0) is 6.54 Å². The summed E-state index contributed by atoms with van der Waals surface area (Å²) in [5, 5.41) is 3.07. The van der Waals surface area contributed by atoms with Crippen LogP contribution in [-0.4, -0.2) is 23.6 Å². The Labute approximate surface area is 114 Å². The quantitative estimate of drug-likeness (QED) is 0.893. The number of nitrogens with one attached hydrogen (secondary N) is 1. The van der Waals surface area contributed by atoms with Crippen molar-refractivity contribution in [2.45, 2.75) is 20.4 Å². The van der Waals surface area contributed by atoms with Gasteiger partial charge in [-0.2, -0.15) is 0 Å². The summed E-state index contributed by atoms with van der Waals surface area (Å²) in [4.78, 5) is 11.1. The van der Waals surface area contributed by atoms with Crippen molar-refractivity contribution in [2.75, 3.05) is 18.5 Å². The Morgan fingerprint density at radius 3 is 2.37 bits per heavy atom. The SMILES string of the molecule is CCN(c1ccc(C)cc1)c1cnc(CNC)cn1. The number of nitrogens with zero attached hydrogens (tertiary/aromatic N) is 3. The molecule has 2 rings (SSSR count). The van der Waals surface area contributed by atoms with E-state index in [0.29, 0.717) is 0 Å². The van der Waals surface area contributed by atoms with Gasteiger partial charge in [-0.05, 0) is 33.0 Å². The molecule has 0 aliphatic carbocycles. The number of hydrogen-bond donors (Lipinski definition) is 1. The Hall–Kier alpha value is -1.94. The first kappa shape index (κ1) is 13.5. The minimum Gasteiger partial charge on any atom is -0.325 e. The molecule has 1 aromatic carbocycles. The predicted molar refractivity (Wildman–Crippen MR) is 78.7 cm³/mol. The van der Waals surface area contributed by atoms with Gasteiger partial charge in [0.05, 0.1) is 18.1 Å². The summed E-state index contributed by atoms with van der Waals surface area (Å²) >= 11 is 0. The van der Waals surface area contributed by atoms with Crippen LogP contribution in [0.1, 0.15) is 18.2 Å². The molecular formula is C15H20N4. The summed E-state index contributed by atoms with van der Waals surface area (Å²) < 4.78 is 0. The van der Waals surface area contributed by atoms with Crippen LogP contribution in [0.15, 0.2) is 36.7 Å². The molecule has 0 atom stereocenters. The maximum atomic E-state index is 4.49. The van der Waals surface area contributed by atoms with Gasteiger partial charge in [-0.15, -0.1) is 0 Å². The lowest BCUT2D eigenvalue weighted by Gasteiger charge is -2.22. The van der Waals surface area contributed by atoms with E-state index < -0.39 is 0 Å². The monoisotopic (exact) mass is 256 g/mol. The summed E-state index contributed by atoms with van der Waals surface area (Å²) in [5.74, 6) is 0.881. The van der Waals surface area contributed by atoms with Crippen molar-refractivity contribution in [1.29, 1.82) is 0 Å². The van der Waals surface area contributed by atoms with Gasteiger partial charge in [-0.1, -0.05) is 17.7 Å². The zero-order valence-corrected chi connectivity index (χ0v) is 11.7. The van der Waals surface area contributed by atoms with Crippen LogP contribution >= 0.6 is 0 Å². The van der Waals surface area contributed by atoms with Crippen LogP contribution in [0.3, 0.4) is 0 Å². The van der Waals surface area contributed by atoms with Crippen LogP contribution in [0.5, 0.6) is 0 Å². The largest absolute Gasteiger partial charge is 0.325 e. The first-order valence-corrected chi connectivity index (χ1v) is 6.54. The summed E-state index contributed by atoms with van der Waals surface area (Å²) in [6, 6.07) is 8.45. The van der Waals surface area contributed by atoms with E-state index in [1.54, 1.807) is 0 Å². The molecule has 0 fully saturated rings. The predicted octanol–water partition coefficient (Wildman–Crippen LogP) is 2.66. The highest BCUT2D eigenvalue weighted by Gasteiger charge is 2.08. The fraction of sp³-hybridized carbons (Fsp3) is 0.333. The van der Waals surface area contributed by atoms with E-state index in [4.69, 9.17) is 0 Å². The van der Waals surface area contributed by atoms with Crippen molar-refractivity contribution in [3.05, 3.63) is 47.9 Å². The van der Waals surface area contributed by atoms with Crippen LogP contribution in [0.2, 0.25) is 0 Å². The minimum atomic E-state index is 0.740. The number of anilines is 2. The van der Waals surface area contributed by atoms with Crippen LogP contribution < -0.4 is 10.2 Å². The fourth-order valence-corrected chi connectivity index (χ4v) is 1.96. The average Bonchev–Trinajstić information content (AvgIpc) is 2.44. The molecule has 0 aliphatic heterocycles. The lowest BCUT2D eigenvalue weighted by Crippen LogP contribution is -2.18. The number of aryl methyl sites for hydroxylation is 1. The van der Waals surface area contributed by atoms with E-state index in [-0.39, 0.29) is 0 Å². The Bertz CT molecular complexity index is 505. The molecular weight excluding hydrogens is 236 g/mol. The van der Waals surface area contributed by atoms with Crippen molar-refractivity contribution in [3.8, 4) is 0 Å². The molecule has 19 heavy (non-hydrogen) atoms. The first-order valence-electron chi connectivity index (χ1n) is 6.54. The summed E-state index contributed by atoms with van der Waals surface area (Å²) in [6.45, 7) is 5.81. The average molecular weight is 256 g/mol. The Morgan fingerprint density at radius 2 is 1.84 bits per heavy atom. The van der Waals surface area contributed by atoms with Gasteiger partial charge >= 0.3 is 0 Å². The molecule has 0 bridgehead atoms. The zero-order chi connectivity index (χ0) is 13.7. The number of hydrogen-bond acceptors (Lipinski definition) is 4. The van der Waals surface area contributed by atoms with Crippen molar-refractivity contribution in [3.63, 3.8) is 0 Å². The molecule has 0 radical (unpaired) electrons. The zero-order valence-electron chi connectivity index (χ0n) is 11.7. The number of benzene rings is 1. The molecule has 100 valence electrons. The molecule has 4 nitrogen and oxygen atoms in total. The Balaban J connectivity index is 2.23. The third kappa shape index (κ3) is 3.29. The Kier molecular flexibility index (Phi) is 4.47. The Morgan fingerprint density at radius 1 is 1.11 bits per heavy atom. The minimum absolute atomic E-state index is 0.740. The highest BCUT2D eigenvalue weighted by Crippen LogP contribution is 2.22. The normalized spacial score (nSPS) is 10.5. The molecule has 1 N–H and O–H groups in total. The highest BCUT2D eigenvalue weighted by molar-refractivity contribution is 5.59. The molecule has 4 heteroatoms. The van der Waals surface area contributed by atoms with Gasteiger partial charge in [0.1, 0.15) is 0 Å². The molecule has 0 saturated heterocycles. The third-order valence-electron chi connectivity index (χ3n) is 2.99. The number of rotatable bonds is 5. The van der Waals surface area contributed by atoms with Gasteiger partial charge in [-0.3, -0.25) is 4.98 Å². The lowest BCUT2D eigenvalue weighted by atomic mass is 10.2. The van der Waals surface area contributed by atoms with Crippen LogP contribution in [0.25, 0.3) is 0 Å². The maximum absolute atomic E-state index is 4.49. The van der Waals surface area contributed by atoms with Gasteiger partial charge in [-0.25, -0.2) is 4.98 Å². The van der Waals surface area contributed by atoms with Crippen molar-refractivity contribution in [2.24, 2.45) is 0 Å². The van der Waals surface area contributed by atoms with Crippen LogP contribution in [0.4, 0.5) is 11.5 Å². The van der Waals surface area contributed by atoms with Crippen molar-refractivity contribution < 1.29 is 0 Å². The van der Waals surface area contributed by atoms with E-state index >= 15 is 0 Å². The second-order valence-electron chi connectivity index (χ2n) is 4.48. The van der Waals surface area contributed by atoms with E-state index in [1.807, 2.05) is 19.4 Å². The molecule has 0 spiro atoms. The summed E-state index contributed by atoms with van der Waals surface area (Å²) in [5.41, 5.74) is 3.35. The molecule has 0 aliphatic rings. The summed E-state index contributed by atoms with van der Waals surface area (Å²) in [7, 11) is 1.90. The standard InChI is InChI=1S/C15H20N4/c1-4-19(14-7-5-12(2)6-8-14)15-11-17-13(9-16-3)10-18-15/h5-8,10-11,16H,4,9H2,1-3H3. The fourth-order valence-electron chi connectivity index (χ4n) is 1.96. The van der Waals surface area contributed by atoms with Crippen LogP contribution in [0, 0.1) is 6.92 Å². The smallest absolute Gasteiger partial charge is 0.151 e. The number of aromatic nitrogens is 2. The van der Waals surface area contributed by atoms with Gasteiger partial charge in [0.15, 0.2) is 5.82 Å². The van der Waals surface area contributed by atoms with E-state index in [1.165, 1.54) is 5.56 Å². The second kappa shape index (κ2) is 6.29. The van der Waals surface area contributed by atoms with E-state index in [2.05, 4.69) is 58.3 Å². The van der Waals surface area contributed by atoms with Crippen molar-refractivity contribution in [1.82, 2.24) is 15.3 Å². The summed E-state index contributed by atoms with van der Waals surface area (Å²) in [6.07, 6.45) is 3.65. The highest BCUT2D eigenvalue weighted by atomic mass is 15.2. The molecule has 1 aromatic heterocycles.